The maximum atomic E-state index is 13.0. The Balaban J connectivity index is 0.000000190. The molecule has 15 aromatic rings. The maximum absolute atomic E-state index is 13.0. The van der Waals surface area contributed by atoms with Gasteiger partial charge < -0.3 is 47.4 Å². The van der Waals surface area contributed by atoms with Gasteiger partial charge in [-0.2, -0.15) is 10.5 Å². The summed E-state index contributed by atoms with van der Waals surface area (Å²) in [6.07, 6.45) is 9.46. The summed E-state index contributed by atoms with van der Waals surface area (Å²) in [5, 5.41) is 27.6. The van der Waals surface area contributed by atoms with Crippen LogP contribution < -0.4 is 28.9 Å². The third kappa shape index (κ3) is 20.3. The molecule has 0 aliphatic heterocycles. The Morgan fingerprint density at radius 2 is 0.692 bits per heavy atom. The number of benzene rings is 15. The van der Waals surface area contributed by atoms with E-state index in [0.29, 0.717) is 35.5 Å². The molecule has 0 atom stereocenters. The van der Waals surface area contributed by atoms with Gasteiger partial charge in [0.1, 0.15) is 35.7 Å². The number of hydrogen-bond acceptors (Lipinski definition) is 15. The van der Waals surface area contributed by atoms with Gasteiger partial charge in [-0.05, 0) is 271 Å². The first-order valence-corrected chi connectivity index (χ1v) is 41.7. The first-order chi connectivity index (χ1) is 58.3. The van der Waals surface area contributed by atoms with Gasteiger partial charge in [0, 0.05) is 97.1 Å². The molecule has 0 aliphatic carbocycles. The molecule has 0 saturated heterocycles. The molecule has 15 nitrogen and oxygen atoms in total. The van der Waals surface area contributed by atoms with Crippen LogP contribution in [0.2, 0.25) is 0 Å². The number of carbonyl (C=O) groups excluding carboxylic acids is 1. The fraction of sp³-hybridized carbons (Fsp3) is 0.136. The van der Waals surface area contributed by atoms with Gasteiger partial charge >= 0.3 is 7.60 Å². The van der Waals surface area contributed by atoms with Gasteiger partial charge in [0.15, 0.2) is 0 Å². The molecule has 15 rings (SSSR count). The molecule has 120 heavy (non-hydrogen) atoms. The molecular weight excluding hydrogens is 1530 g/mol. The van der Waals surface area contributed by atoms with Crippen molar-refractivity contribution in [2.75, 3.05) is 62.5 Å². The number of aldehydes is 1. The van der Waals surface area contributed by atoms with Crippen molar-refractivity contribution in [2.45, 2.75) is 46.8 Å². The van der Waals surface area contributed by atoms with Crippen molar-refractivity contribution in [1.29, 1.82) is 10.5 Å². The number of methoxy groups -OCH3 is 3. The van der Waals surface area contributed by atoms with E-state index in [-0.39, 0.29) is 35.3 Å². The molecule has 15 aromatic carbocycles. The van der Waals surface area contributed by atoms with Crippen LogP contribution in [0.15, 0.2) is 322 Å². The van der Waals surface area contributed by atoms with Crippen LogP contribution in [-0.4, -0.2) is 54.0 Å². The minimum Gasteiger partial charge on any atom is -0.497 e. The van der Waals surface area contributed by atoms with Crippen LogP contribution in [-0.2, 0) is 39.3 Å². The molecule has 0 saturated carbocycles. The lowest BCUT2D eigenvalue weighted by Gasteiger charge is -2.27. The Kier molecular flexibility index (Phi) is 29.3. The molecule has 0 unspecified atom stereocenters. The van der Waals surface area contributed by atoms with Crippen molar-refractivity contribution in [3.05, 3.63) is 372 Å². The largest absolute Gasteiger partial charge is 0.497 e. The quantitative estimate of drug-likeness (QED) is 0.0142. The summed E-state index contributed by atoms with van der Waals surface area (Å²) in [4.78, 5) is 17.5. The molecule has 0 heterocycles. The van der Waals surface area contributed by atoms with Gasteiger partial charge in [0.05, 0.1) is 51.8 Å². The van der Waals surface area contributed by atoms with E-state index in [1.165, 1.54) is 0 Å². The zero-order valence-corrected chi connectivity index (χ0v) is 69.0. The van der Waals surface area contributed by atoms with Gasteiger partial charge in [-0.3, -0.25) is 13.9 Å². The maximum Gasteiger partial charge on any atom is 0.335 e. The van der Waals surface area contributed by atoms with Gasteiger partial charge in [0.25, 0.3) is 5.53 Å². The number of rotatable bonds is 29. The molecule has 0 N–H and O–H groups in total. The normalized spacial score (nSPS) is 11.3. The van der Waals surface area contributed by atoms with E-state index in [1.807, 2.05) is 153 Å². The van der Waals surface area contributed by atoms with Gasteiger partial charge in [-0.1, -0.05) is 159 Å². The zero-order chi connectivity index (χ0) is 83.1. The Morgan fingerprint density at radius 1 is 0.358 bits per heavy atom. The lowest BCUT2D eigenvalue weighted by atomic mass is 9.94. The van der Waals surface area contributed by atoms with Crippen LogP contribution in [0.4, 0.5) is 51.2 Å². The first kappa shape index (κ1) is 85.8. The summed E-state index contributed by atoms with van der Waals surface area (Å²) in [6.45, 7) is 8.40. The highest BCUT2D eigenvalue weighted by molar-refractivity contribution is 7.53. The van der Waals surface area contributed by atoms with Crippen molar-refractivity contribution in [2.24, 2.45) is 0 Å². The fourth-order valence-corrected chi connectivity index (χ4v) is 16.6. The summed E-state index contributed by atoms with van der Waals surface area (Å²) < 4.78 is 63.4. The highest BCUT2D eigenvalue weighted by Gasteiger charge is 2.36. The lowest BCUT2D eigenvalue weighted by Crippen LogP contribution is -2.27. The predicted octanol–water partition coefficient (Wildman–Crippen LogP) is 27.9. The Bertz CT molecular complexity index is 6170. The van der Waals surface area contributed by atoms with E-state index in [1.54, 1.807) is 41.2 Å². The molecule has 0 aromatic heterocycles. The third-order valence-electron chi connectivity index (χ3n) is 20.0. The monoisotopic (exact) mass is 1620 g/mol. The van der Waals surface area contributed by atoms with Crippen LogP contribution >= 0.6 is 16.1 Å². The second kappa shape index (κ2) is 41.0. The van der Waals surface area contributed by atoms with E-state index in [0.717, 1.165) is 146 Å². The third-order valence-corrected chi connectivity index (χ3v) is 22.8. The molecule has 600 valence electrons. The molecule has 0 aliphatic rings. The van der Waals surface area contributed by atoms with Gasteiger partial charge in [-0.25, -0.2) is 0 Å². The van der Waals surface area contributed by atoms with Crippen molar-refractivity contribution in [3.63, 3.8) is 0 Å². The number of anilines is 9. The predicted molar refractivity (Wildman–Crippen MR) is 492 cm³/mol. The summed E-state index contributed by atoms with van der Waals surface area (Å²) in [6, 6.07) is 112. The Morgan fingerprint density at radius 3 is 1.07 bits per heavy atom. The van der Waals surface area contributed by atoms with Crippen LogP contribution in [0.1, 0.15) is 90.0 Å². The minimum atomic E-state index is -3.27. The summed E-state index contributed by atoms with van der Waals surface area (Å²) >= 11 is 0. The molecule has 0 spiro atoms. The highest BCUT2D eigenvalue weighted by Crippen LogP contribution is 2.52. The van der Waals surface area contributed by atoms with E-state index in [9.17, 15) is 24.4 Å². The molecule has 0 radical (unpaired) electrons. The van der Waals surface area contributed by atoms with Gasteiger partial charge in [-0.15, -0.1) is 0 Å². The van der Waals surface area contributed by atoms with Crippen LogP contribution in [0.25, 0.3) is 67.4 Å². The lowest BCUT2D eigenvalue weighted by molar-refractivity contribution is -0.176. The van der Waals surface area contributed by atoms with Crippen molar-refractivity contribution in [3.8, 4) is 29.4 Å². The minimum absolute atomic E-state index is 0. The zero-order valence-electron chi connectivity index (χ0n) is 67.2. The fourth-order valence-electron chi connectivity index (χ4n) is 14.3. The topological polar surface area (TPSA) is 173 Å². The van der Waals surface area contributed by atoms with E-state index in [4.69, 9.17) is 32.7 Å². The molecular formula is C103H93N5O10P2. The van der Waals surface area contributed by atoms with E-state index < -0.39 is 13.1 Å². The van der Waals surface area contributed by atoms with Crippen molar-refractivity contribution >= 4 is 141 Å². The van der Waals surface area contributed by atoms with Crippen LogP contribution in [0.3, 0.4) is 0 Å². The highest BCUT2D eigenvalue weighted by atomic mass is 31.2. The molecule has 0 bridgehead atoms. The van der Waals surface area contributed by atoms with E-state index in [2.05, 4.69) is 227 Å². The summed E-state index contributed by atoms with van der Waals surface area (Å²) in [7, 11) is 1.44. The van der Waals surface area contributed by atoms with Crippen molar-refractivity contribution < 1.29 is 46.7 Å². The Labute approximate surface area is 704 Å². The number of nitriles is 2. The van der Waals surface area contributed by atoms with Gasteiger partial charge in [0.2, 0.25) is 8.46 Å². The number of para-hydroxylation sites is 3. The summed E-state index contributed by atoms with van der Waals surface area (Å²) in [5.74, 6) is 2.46. The number of nitrogens with zero attached hydrogens (tertiary/aromatic N) is 5. The average Bonchev–Trinajstić information content (AvgIpc) is 0.766. The standard InChI is InChI=1S/C57H43N3O2.C25H29NO6P2.C20H17NO2.CH4/c1-61-53-32-28-51(29-33-53)59(47-9-5-3-6-10-47)49-24-18-41(19-25-49)13-15-43-22-36-55-46(37-43)39-45-23-17-44(38-56(45)57(55)40-58)16-14-42-20-26-50(27-21-42)60(48-11-7-4-8-12-48)52-30-34-54(62-2)35-31-52;1-5-29-25(33-27,30-6-2)21-11-12-22-20(15-21)14-19-10-9-18(13-23(19)24(22)16-26)17-34(28,31-7-3)32-8-4;1-23-20-13-11-19(12-14-20)21(17-5-3-2-4-6-17)18-9-7-16(15-22)8-10-18;/h3-39H,1-2H3;9-15H,5-8,17H2,1-4H3;2-15H,1H3;1H4. The SMILES string of the molecule is C.CCOC(OCC)(P=O)c1ccc2c(C#N)c3cc(CP(=O)(OCC)OCC)ccc3cc2c1.COc1ccc(N(c2ccccc2)c2ccc(C=Cc3ccc4c(C#N)c5cc(C=Cc6ccc(N(c7ccccc7)c7ccc(OC)cc7)cc6)ccc5cc4c3)cc2)cc1.COc1ccc(N(c2ccccc2)c2ccc(C=O)cc2)cc1. The Hall–Kier alpha value is -13.6. The number of ether oxygens (including phenoxy) is 5. The van der Waals surface area contributed by atoms with Crippen molar-refractivity contribution in [1.82, 2.24) is 0 Å². The smallest absolute Gasteiger partial charge is 0.335 e. The molecule has 0 amide bonds. The average molecular weight is 1620 g/mol. The number of hydrogen-bond donors (Lipinski definition) is 0. The molecule has 17 heteroatoms. The van der Waals surface area contributed by atoms with E-state index >= 15 is 0 Å². The van der Waals surface area contributed by atoms with Crippen LogP contribution in [0, 0.1) is 22.7 Å². The molecule has 0 fully saturated rings. The number of fused-ring (bicyclic) bond motifs is 4. The second-order valence-corrected chi connectivity index (χ2v) is 30.3. The second-order valence-electron chi connectivity index (χ2n) is 27.5. The number of carbonyl (C=O) groups is 1. The summed E-state index contributed by atoms with van der Waals surface area (Å²) in [5.41, 5.74) is 15.5. The van der Waals surface area contributed by atoms with Crippen LogP contribution in [0.5, 0.6) is 17.2 Å². The first-order valence-electron chi connectivity index (χ1n) is 39.2.